The average molecular weight is 168 g/mol. The Balaban J connectivity index is 2.98. The molecule has 0 bridgehead atoms. The molecule has 0 saturated heterocycles. The minimum atomic E-state index is -1.06. The van der Waals surface area contributed by atoms with Gasteiger partial charge in [0.1, 0.15) is 6.17 Å². The van der Waals surface area contributed by atoms with Gasteiger partial charge in [-0.1, -0.05) is 15.9 Å². The molecule has 0 aromatic rings. The van der Waals surface area contributed by atoms with Crippen LogP contribution in [0.5, 0.6) is 0 Å². The maximum Gasteiger partial charge on any atom is 0.135 e. The summed E-state index contributed by atoms with van der Waals surface area (Å²) in [6.45, 7) is 0. The standard InChI is InChI=1S/C4H7BrFN/c5-2-1-4(6)3-7/h3-4,7H,1-2H2. The van der Waals surface area contributed by atoms with Crippen LogP contribution in [0, 0.1) is 5.41 Å². The minimum Gasteiger partial charge on any atom is -0.310 e. The maximum atomic E-state index is 11.9. The topological polar surface area (TPSA) is 23.9 Å². The van der Waals surface area contributed by atoms with E-state index in [9.17, 15) is 4.39 Å². The van der Waals surface area contributed by atoms with E-state index >= 15 is 0 Å². The van der Waals surface area contributed by atoms with E-state index in [2.05, 4.69) is 15.9 Å². The third-order valence-corrected chi connectivity index (χ3v) is 1.02. The predicted octanol–water partition coefficient (Wildman–Crippen LogP) is 1.76. The zero-order valence-electron chi connectivity index (χ0n) is 3.82. The summed E-state index contributed by atoms with van der Waals surface area (Å²) in [4.78, 5) is 0. The quantitative estimate of drug-likeness (QED) is 0.490. The van der Waals surface area contributed by atoms with Gasteiger partial charge >= 0.3 is 0 Å². The number of nitrogens with one attached hydrogen (secondary N) is 1. The zero-order valence-corrected chi connectivity index (χ0v) is 5.41. The predicted molar refractivity (Wildman–Crippen MR) is 32.1 cm³/mol. The van der Waals surface area contributed by atoms with Crippen molar-refractivity contribution in [2.75, 3.05) is 5.33 Å². The van der Waals surface area contributed by atoms with Gasteiger partial charge in [-0.2, -0.15) is 0 Å². The van der Waals surface area contributed by atoms with Crippen molar-refractivity contribution < 1.29 is 4.39 Å². The van der Waals surface area contributed by atoms with Gasteiger partial charge in [-0.25, -0.2) is 4.39 Å². The van der Waals surface area contributed by atoms with Crippen molar-refractivity contribution in [2.24, 2.45) is 0 Å². The molecule has 0 spiro atoms. The van der Waals surface area contributed by atoms with Crippen LogP contribution in [-0.2, 0) is 0 Å². The van der Waals surface area contributed by atoms with E-state index in [1.807, 2.05) is 0 Å². The first-order chi connectivity index (χ1) is 3.31. The highest BCUT2D eigenvalue weighted by Gasteiger charge is 1.96. The van der Waals surface area contributed by atoms with Crippen molar-refractivity contribution in [1.29, 1.82) is 5.41 Å². The Morgan fingerprint density at radius 1 is 1.86 bits per heavy atom. The molecular weight excluding hydrogens is 161 g/mol. The van der Waals surface area contributed by atoms with Crippen LogP contribution in [-0.4, -0.2) is 17.7 Å². The lowest BCUT2D eigenvalue weighted by atomic mass is 10.3. The first-order valence-electron chi connectivity index (χ1n) is 2.02. The molecular formula is C4H7BrFN. The van der Waals surface area contributed by atoms with E-state index in [0.29, 0.717) is 11.8 Å². The van der Waals surface area contributed by atoms with Crippen LogP contribution in [0.1, 0.15) is 6.42 Å². The maximum absolute atomic E-state index is 11.9. The summed E-state index contributed by atoms with van der Waals surface area (Å²) in [5, 5.41) is 7.02. The van der Waals surface area contributed by atoms with E-state index in [-0.39, 0.29) is 0 Å². The second kappa shape index (κ2) is 4.24. The van der Waals surface area contributed by atoms with E-state index in [0.717, 1.165) is 6.21 Å². The van der Waals surface area contributed by atoms with Crippen molar-refractivity contribution >= 4 is 22.1 Å². The molecule has 0 aliphatic heterocycles. The zero-order chi connectivity index (χ0) is 5.70. The highest BCUT2D eigenvalue weighted by Crippen LogP contribution is 1.95. The Bertz CT molecular complexity index is 57.7. The summed E-state index contributed by atoms with van der Waals surface area (Å²) in [6, 6.07) is 0. The van der Waals surface area contributed by atoms with Gasteiger partial charge in [0.05, 0.1) is 0 Å². The number of alkyl halides is 2. The van der Waals surface area contributed by atoms with Crippen LogP contribution in [0.25, 0.3) is 0 Å². The van der Waals surface area contributed by atoms with Crippen LogP contribution in [0.4, 0.5) is 4.39 Å². The van der Waals surface area contributed by atoms with Crippen molar-refractivity contribution in [1.82, 2.24) is 0 Å². The van der Waals surface area contributed by atoms with Crippen LogP contribution < -0.4 is 0 Å². The molecule has 0 aliphatic carbocycles. The van der Waals surface area contributed by atoms with Crippen molar-refractivity contribution in [3.8, 4) is 0 Å². The van der Waals surface area contributed by atoms with Crippen LogP contribution in [0.3, 0.4) is 0 Å². The molecule has 42 valence electrons. The molecule has 0 saturated carbocycles. The summed E-state index contributed by atoms with van der Waals surface area (Å²) in [5.41, 5.74) is 0. The van der Waals surface area contributed by atoms with Gasteiger partial charge in [0, 0.05) is 11.5 Å². The Morgan fingerprint density at radius 2 is 2.43 bits per heavy atom. The Morgan fingerprint density at radius 3 is 2.57 bits per heavy atom. The second-order valence-corrected chi connectivity index (χ2v) is 1.95. The molecule has 0 heterocycles. The normalized spacial score (nSPS) is 13.4. The van der Waals surface area contributed by atoms with Gasteiger partial charge in [0.2, 0.25) is 0 Å². The van der Waals surface area contributed by atoms with Crippen molar-refractivity contribution in [2.45, 2.75) is 12.6 Å². The fourth-order valence-electron chi connectivity index (χ4n) is 0.188. The summed E-state index contributed by atoms with van der Waals surface area (Å²) in [5.74, 6) is 0. The highest BCUT2D eigenvalue weighted by atomic mass is 79.9. The average Bonchev–Trinajstić information content (AvgIpc) is 1.68. The van der Waals surface area contributed by atoms with E-state index in [1.165, 1.54) is 0 Å². The Hall–Kier alpha value is 0.0800. The fourth-order valence-corrected chi connectivity index (χ4v) is 0.625. The lowest BCUT2D eigenvalue weighted by molar-refractivity contribution is 0.423. The first-order valence-corrected chi connectivity index (χ1v) is 3.14. The molecule has 0 aliphatic rings. The fraction of sp³-hybridized carbons (Fsp3) is 0.750. The molecule has 1 atom stereocenters. The van der Waals surface area contributed by atoms with Crippen LogP contribution in [0.2, 0.25) is 0 Å². The number of hydrogen-bond acceptors (Lipinski definition) is 1. The molecule has 0 aromatic carbocycles. The van der Waals surface area contributed by atoms with Gasteiger partial charge < -0.3 is 5.41 Å². The van der Waals surface area contributed by atoms with Gasteiger partial charge in [0.25, 0.3) is 0 Å². The minimum absolute atomic E-state index is 0.406. The molecule has 0 rings (SSSR count). The molecule has 0 radical (unpaired) electrons. The van der Waals surface area contributed by atoms with Gasteiger partial charge in [-0.05, 0) is 6.42 Å². The summed E-state index contributed by atoms with van der Waals surface area (Å²) in [6.07, 6.45) is 0.157. The first kappa shape index (κ1) is 7.08. The van der Waals surface area contributed by atoms with Gasteiger partial charge in [-0.3, -0.25) is 0 Å². The lowest BCUT2D eigenvalue weighted by Crippen LogP contribution is -1.99. The Labute approximate surface area is 50.6 Å². The molecule has 7 heavy (non-hydrogen) atoms. The lowest BCUT2D eigenvalue weighted by Gasteiger charge is -1.92. The molecule has 1 nitrogen and oxygen atoms in total. The smallest absolute Gasteiger partial charge is 0.135 e. The van der Waals surface area contributed by atoms with E-state index in [1.54, 1.807) is 0 Å². The molecule has 1 unspecified atom stereocenters. The number of rotatable bonds is 3. The molecule has 0 aromatic heterocycles. The van der Waals surface area contributed by atoms with Crippen LogP contribution in [0.15, 0.2) is 0 Å². The van der Waals surface area contributed by atoms with Crippen LogP contribution >= 0.6 is 15.9 Å². The van der Waals surface area contributed by atoms with Gasteiger partial charge in [-0.15, -0.1) is 0 Å². The summed E-state index contributed by atoms with van der Waals surface area (Å²) >= 11 is 3.05. The van der Waals surface area contributed by atoms with Crippen molar-refractivity contribution in [3.63, 3.8) is 0 Å². The third kappa shape index (κ3) is 3.92. The van der Waals surface area contributed by atoms with Gasteiger partial charge in [0.15, 0.2) is 0 Å². The number of hydrogen-bond donors (Lipinski definition) is 1. The third-order valence-electron chi connectivity index (χ3n) is 0.566. The Kier molecular flexibility index (Phi) is 4.29. The van der Waals surface area contributed by atoms with E-state index in [4.69, 9.17) is 5.41 Å². The number of halogens is 2. The largest absolute Gasteiger partial charge is 0.310 e. The molecule has 0 fully saturated rings. The molecule has 0 amide bonds. The molecule has 3 heteroatoms. The van der Waals surface area contributed by atoms with E-state index < -0.39 is 6.17 Å². The summed E-state index contributed by atoms with van der Waals surface area (Å²) < 4.78 is 11.9. The van der Waals surface area contributed by atoms with Crippen molar-refractivity contribution in [3.05, 3.63) is 0 Å². The second-order valence-electron chi connectivity index (χ2n) is 1.16. The SMILES string of the molecule is N=CC(F)CCBr. The molecule has 1 N–H and O–H groups in total. The highest BCUT2D eigenvalue weighted by molar-refractivity contribution is 9.09. The summed E-state index contributed by atoms with van der Waals surface area (Å²) in [7, 11) is 0. The monoisotopic (exact) mass is 167 g/mol.